The number of fused-ring (bicyclic) bond motifs is 1. The number of Topliss-reactive ketones (excluding diaryl/α,β-unsaturated/α-hetero) is 1. The summed E-state index contributed by atoms with van der Waals surface area (Å²) in [6, 6.07) is 43.2. The number of ketones is 1. The van der Waals surface area contributed by atoms with Gasteiger partial charge in [0.25, 0.3) is 16.6 Å². The van der Waals surface area contributed by atoms with Crippen molar-refractivity contribution in [3.63, 3.8) is 0 Å². The van der Waals surface area contributed by atoms with Gasteiger partial charge in [0.1, 0.15) is 5.60 Å². The van der Waals surface area contributed by atoms with Crippen LogP contribution in [0.5, 0.6) is 0 Å². The number of allylic oxidation sites excluding steroid dienone is 1. The molecule has 0 amide bonds. The Morgan fingerprint density at radius 2 is 1.24 bits per heavy atom. The molecule has 3 fully saturated rings. The summed E-state index contributed by atoms with van der Waals surface area (Å²) in [5.74, 6) is 1.17. The Hall–Kier alpha value is -4.39. The lowest BCUT2D eigenvalue weighted by atomic mass is 9.64. The van der Waals surface area contributed by atoms with Gasteiger partial charge in [-0.05, 0) is 86.3 Å². The first kappa shape index (κ1) is 46.7. The maximum Gasteiger partial charge on any atom is 0.303 e. The van der Waals surface area contributed by atoms with Crippen molar-refractivity contribution in [2.24, 2.45) is 23.2 Å². The highest BCUT2D eigenvalue weighted by Gasteiger charge is 2.72. The highest BCUT2D eigenvalue weighted by atomic mass is 28.4. The molecule has 5 aliphatic rings. The average Bonchev–Trinajstić information content (AvgIpc) is 3.87. The Balaban J connectivity index is 1.01. The second-order valence-corrected chi connectivity index (χ2v) is 31.0. The number of carbonyl (C=O) groups is 2. The van der Waals surface area contributed by atoms with Gasteiger partial charge in [0.05, 0.1) is 19.3 Å². The van der Waals surface area contributed by atoms with E-state index in [2.05, 4.69) is 177 Å². The lowest BCUT2D eigenvalue weighted by molar-refractivity contribution is -0.156. The van der Waals surface area contributed by atoms with Gasteiger partial charge in [0.15, 0.2) is 11.9 Å². The van der Waals surface area contributed by atoms with Crippen molar-refractivity contribution in [2.45, 2.75) is 135 Å². The normalized spacial score (nSPS) is 27.3. The van der Waals surface area contributed by atoms with Crippen molar-refractivity contribution in [3.8, 4) is 0 Å². The second kappa shape index (κ2) is 17.3. The Morgan fingerprint density at radius 3 is 1.71 bits per heavy atom. The van der Waals surface area contributed by atoms with E-state index in [1.54, 1.807) is 7.11 Å². The van der Waals surface area contributed by atoms with Crippen LogP contribution in [0.4, 0.5) is 0 Å². The van der Waals surface area contributed by atoms with Gasteiger partial charge < -0.3 is 23.1 Å². The molecule has 7 atom stereocenters. The molecule has 66 heavy (non-hydrogen) atoms. The fraction of sp³-hybridized carbons (Fsp3) is 0.474. The molecule has 9 rings (SSSR count). The quantitative estimate of drug-likeness (QED) is 0.0977. The first-order chi connectivity index (χ1) is 31.4. The topological polar surface area (TPSA) is 80.3 Å². The number of benzene rings is 4. The van der Waals surface area contributed by atoms with E-state index in [0.717, 1.165) is 42.6 Å². The molecule has 3 aliphatic carbocycles. The van der Waals surface area contributed by atoms with Crippen LogP contribution in [0.2, 0.25) is 10.1 Å². The van der Waals surface area contributed by atoms with E-state index in [-0.39, 0.29) is 27.9 Å². The van der Waals surface area contributed by atoms with Crippen molar-refractivity contribution >= 4 is 49.1 Å². The molecule has 1 saturated carbocycles. The van der Waals surface area contributed by atoms with E-state index in [0.29, 0.717) is 42.8 Å². The number of hydrogen-bond donors (Lipinski definition) is 0. The van der Waals surface area contributed by atoms with Crippen LogP contribution in [-0.4, -0.2) is 66.0 Å². The van der Waals surface area contributed by atoms with E-state index >= 15 is 4.79 Å². The Kier molecular flexibility index (Phi) is 12.2. The van der Waals surface area contributed by atoms with Gasteiger partial charge in [0.2, 0.25) is 5.78 Å². The van der Waals surface area contributed by atoms with Crippen molar-refractivity contribution < 1.29 is 32.7 Å². The monoisotopic (exact) mass is 922 g/mol. The molecule has 4 aromatic rings. The van der Waals surface area contributed by atoms with Crippen LogP contribution in [0.25, 0.3) is 0 Å². The second-order valence-electron chi connectivity index (χ2n) is 22.5. The molecule has 1 spiro atoms. The maximum atomic E-state index is 15.2. The zero-order valence-corrected chi connectivity index (χ0v) is 42.8. The molecule has 4 aromatic carbocycles. The van der Waals surface area contributed by atoms with E-state index < -0.39 is 39.9 Å². The summed E-state index contributed by atoms with van der Waals surface area (Å²) in [6.07, 6.45) is 3.23. The zero-order valence-electron chi connectivity index (χ0n) is 40.8. The zero-order chi connectivity index (χ0) is 46.9. The van der Waals surface area contributed by atoms with Crippen molar-refractivity contribution in [1.82, 2.24) is 0 Å². The van der Waals surface area contributed by atoms with Crippen LogP contribution in [-0.2, 0) is 32.7 Å². The molecule has 9 heteroatoms. The molecule has 2 heterocycles. The molecule has 0 aromatic heterocycles. The lowest BCUT2D eigenvalue weighted by Gasteiger charge is -2.48. The third-order valence-electron chi connectivity index (χ3n) is 16.0. The number of hydrogen-bond acceptors (Lipinski definition) is 7. The van der Waals surface area contributed by atoms with Crippen LogP contribution >= 0.6 is 0 Å². The SMILES string of the molecule is COC1=C2C(C)(C)[C@H]3O[C@@]2(C[C@@H]3O[Si](c2ccccc2)(c2ccccc2)C(C)(C)C)[C@@H](OC(C)=O)C2=C(CC(C[C@H]3C[C@@H]3CO[Si](c3ccccc3)(c3ccccc3)C(C)(C)C)CC2)C1=O. The molecule has 1 unspecified atom stereocenters. The molecule has 0 radical (unpaired) electrons. The molecule has 2 bridgehead atoms. The summed E-state index contributed by atoms with van der Waals surface area (Å²) in [4.78, 5) is 28.5. The first-order valence-corrected chi connectivity index (χ1v) is 28.2. The van der Waals surface area contributed by atoms with E-state index in [1.165, 1.54) is 27.7 Å². The standard InChI is InChI=1S/C57H70O7Si2/c1-38(58)62-52-46-32-31-39(33-40-35-41(40)37-61-65(54(2,3)4,42-23-15-11-16-24-42)43-25-17-12-18-26-43)34-47(46)49(59)50(60-10)51-56(8,9)53-48(36-57(51,52)63-53)64-66(55(5,6)7,44-27-19-13-20-28-44)45-29-21-14-22-30-45/h11-30,39-41,48,52-53H,31-37H2,1-10H3/t39?,40-,41+,48-,52-,53-,57+/m0/s1. The minimum absolute atomic E-state index is 0.0821. The molecular formula is C57H70O7Si2. The largest absolute Gasteiger partial charge is 0.493 e. The molecule has 2 saturated heterocycles. The summed E-state index contributed by atoms with van der Waals surface area (Å²) >= 11 is 0. The van der Waals surface area contributed by atoms with E-state index in [4.69, 9.17) is 23.1 Å². The van der Waals surface area contributed by atoms with Gasteiger partial charge in [-0.2, -0.15) is 0 Å². The van der Waals surface area contributed by atoms with Crippen molar-refractivity contribution in [2.75, 3.05) is 13.7 Å². The van der Waals surface area contributed by atoms with Gasteiger partial charge in [-0.25, -0.2) is 0 Å². The van der Waals surface area contributed by atoms with Crippen molar-refractivity contribution in [1.29, 1.82) is 0 Å². The molecule has 2 aliphatic heterocycles. The van der Waals surface area contributed by atoms with E-state index in [1.807, 2.05) is 0 Å². The van der Waals surface area contributed by atoms with Gasteiger partial charge in [-0.3, -0.25) is 9.59 Å². The number of methoxy groups -OCH3 is 1. The molecule has 0 N–H and O–H groups in total. The predicted octanol–water partition coefficient (Wildman–Crippen LogP) is 9.61. The lowest BCUT2D eigenvalue weighted by Crippen LogP contribution is -2.69. The smallest absolute Gasteiger partial charge is 0.303 e. The number of rotatable bonds is 13. The minimum atomic E-state index is -3.02. The van der Waals surface area contributed by atoms with Gasteiger partial charge in [0, 0.05) is 36.5 Å². The number of esters is 1. The third-order valence-corrected chi connectivity index (χ3v) is 26.0. The first-order valence-electron chi connectivity index (χ1n) is 24.3. The number of carbonyl (C=O) groups excluding carboxylic acids is 2. The van der Waals surface area contributed by atoms with Gasteiger partial charge in [-0.1, -0.05) is 177 Å². The highest BCUT2D eigenvalue weighted by Crippen LogP contribution is 2.65. The highest BCUT2D eigenvalue weighted by molar-refractivity contribution is 7.00. The number of ether oxygens (including phenoxy) is 3. The van der Waals surface area contributed by atoms with Crippen LogP contribution in [0.3, 0.4) is 0 Å². The fourth-order valence-corrected chi connectivity index (χ4v) is 22.4. The molecule has 348 valence electrons. The fourth-order valence-electron chi connectivity index (χ4n) is 13.1. The summed E-state index contributed by atoms with van der Waals surface area (Å²) in [7, 11) is -4.06. The van der Waals surface area contributed by atoms with Gasteiger partial charge >= 0.3 is 5.97 Å². The van der Waals surface area contributed by atoms with Crippen LogP contribution in [0.1, 0.15) is 101 Å². The Bertz CT molecular complexity index is 2410. The van der Waals surface area contributed by atoms with Gasteiger partial charge in [-0.15, -0.1) is 0 Å². The summed E-state index contributed by atoms with van der Waals surface area (Å²) in [5.41, 5.74) is 0.628. The minimum Gasteiger partial charge on any atom is -0.493 e. The molecular weight excluding hydrogens is 853 g/mol. The van der Waals surface area contributed by atoms with E-state index in [9.17, 15) is 4.79 Å². The predicted molar refractivity (Wildman–Crippen MR) is 267 cm³/mol. The maximum absolute atomic E-state index is 15.2. The Morgan fingerprint density at radius 1 is 0.742 bits per heavy atom. The Labute approximate surface area is 395 Å². The third kappa shape index (κ3) is 7.65. The van der Waals surface area contributed by atoms with Crippen molar-refractivity contribution in [3.05, 3.63) is 144 Å². The van der Waals surface area contributed by atoms with Crippen LogP contribution in [0.15, 0.2) is 144 Å². The average molecular weight is 923 g/mol. The molecule has 7 nitrogen and oxygen atoms in total. The summed E-state index contributed by atoms with van der Waals surface area (Å²) in [5, 5.41) is 4.65. The van der Waals surface area contributed by atoms with Crippen LogP contribution < -0.4 is 20.7 Å². The summed E-state index contributed by atoms with van der Waals surface area (Å²) < 4.78 is 35.4. The van der Waals surface area contributed by atoms with Crippen LogP contribution in [0, 0.1) is 23.2 Å². The summed E-state index contributed by atoms with van der Waals surface area (Å²) in [6.45, 7) is 20.4.